The minimum Gasteiger partial charge on any atom is -0.481 e. The van der Waals surface area contributed by atoms with Crippen molar-refractivity contribution in [2.45, 2.75) is 64.2 Å². The lowest BCUT2D eigenvalue weighted by Gasteiger charge is -2.24. The summed E-state index contributed by atoms with van der Waals surface area (Å²) in [5.41, 5.74) is 5.60. The first-order valence-corrected chi connectivity index (χ1v) is 9.74. The number of carboxylic acid groups (broad SMARTS) is 2. The van der Waals surface area contributed by atoms with Crippen molar-refractivity contribution in [3.8, 4) is 0 Å². The Balaban J connectivity index is 5.00. The van der Waals surface area contributed by atoms with Crippen LogP contribution in [0.4, 0.5) is 0 Å². The van der Waals surface area contributed by atoms with Crippen LogP contribution in [0, 0.1) is 5.92 Å². The number of rotatable bonds is 13. The highest BCUT2D eigenvalue weighted by atomic mass is 32.1. The van der Waals surface area contributed by atoms with Gasteiger partial charge in [0.25, 0.3) is 0 Å². The molecule has 0 aliphatic rings. The number of nitrogens with two attached hydrogens (primary N) is 1. The highest BCUT2D eigenvalue weighted by molar-refractivity contribution is 7.80. The second-order valence-corrected chi connectivity index (χ2v) is 7.41. The van der Waals surface area contributed by atoms with Gasteiger partial charge in [0, 0.05) is 12.2 Å². The predicted molar refractivity (Wildman–Crippen MR) is 107 cm³/mol. The average molecular weight is 435 g/mol. The summed E-state index contributed by atoms with van der Waals surface area (Å²) >= 11 is 3.94. The fraction of sp³-hybridized carbons (Fsp3) is 0.706. The lowest BCUT2D eigenvalue weighted by Crippen LogP contribution is -2.56. The summed E-state index contributed by atoms with van der Waals surface area (Å²) in [7, 11) is 0. The van der Waals surface area contributed by atoms with Gasteiger partial charge in [-0.25, -0.2) is 4.79 Å². The largest absolute Gasteiger partial charge is 0.481 e. The number of hydrogen-bond donors (Lipinski definition) is 7. The molecule has 0 aromatic carbocycles. The number of amides is 3. The summed E-state index contributed by atoms with van der Waals surface area (Å²) in [5, 5.41) is 24.9. The molecule has 12 heteroatoms. The van der Waals surface area contributed by atoms with Crippen molar-refractivity contribution < 1.29 is 34.2 Å². The molecule has 0 rings (SSSR count). The SMILES string of the molecule is CC(C)CC(NC(=O)C(N)CS)C(=O)NC(C)C(=O)NC(CCC(=O)O)C(=O)O. The summed E-state index contributed by atoms with van der Waals surface area (Å²) < 4.78 is 0. The van der Waals surface area contributed by atoms with E-state index in [1.807, 2.05) is 13.8 Å². The van der Waals surface area contributed by atoms with E-state index in [4.69, 9.17) is 15.9 Å². The molecule has 0 bridgehead atoms. The minimum atomic E-state index is -1.41. The van der Waals surface area contributed by atoms with Crippen molar-refractivity contribution in [2.75, 3.05) is 5.75 Å². The first-order chi connectivity index (χ1) is 13.4. The maximum atomic E-state index is 12.5. The van der Waals surface area contributed by atoms with Crippen molar-refractivity contribution in [2.24, 2.45) is 11.7 Å². The molecule has 7 N–H and O–H groups in total. The number of hydrogen-bond acceptors (Lipinski definition) is 7. The Bertz CT molecular complexity index is 615. The van der Waals surface area contributed by atoms with E-state index in [9.17, 15) is 24.0 Å². The zero-order chi connectivity index (χ0) is 22.7. The molecule has 0 aromatic rings. The van der Waals surface area contributed by atoms with Gasteiger partial charge in [-0.3, -0.25) is 19.2 Å². The van der Waals surface area contributed by atoms with Gasteiger partial charge in [-0.05, 0) is 25.7 Å². The average Bonchev–Trinajstić information content (AvgIpc) is 2.62. The highest BCUT2D eigenvalue weighted by Gasteiger charge is 2.28. The summed E-state index contributed by atoms with van der Waals surface area (Å²) in [6.45, 7) is 5.04. The first-order valence-electron chi connectivity index (χ1n) is 9.11. The van der Waals surface area contributed by atoms with Crippen molar-refractivity contribution >= 4 is 42.3 Å². The van der Waals surface area contributed by atoms with Crippen LogP contribution in [0.2, 0.25) is 0 Å². The number of nitrogens with one attached hydrogen (secondary N) is 3. The van der Waals surface area contributed by atoms with E-state index in [1.54, 1.807) is 0 Å². The second kappa shape index (κ2) is 13.0. The molecule has 0 saturated carbocycles. The second-order valence-electron chi connectivity index (χ2n) is 7.04. The first kappa shape index (κ1) is 26.7. The molecule has 0 aliphatic carbocycles. The van der Waals surface area contributed by atoms with Crippen molar-refractivity contribution in [3.05, 3.63) is 0 Å². The van der Waals surface area contributed by atoms with E-state index in [2.05, 4.69) is 28.6 Å². The zero-order valence-corrected chi connectivity index (χ0v) is 17.6. The fourth-order valence-electron chi connectivity index (χ4n) is 2.27. The third kappa shape index (κ3) is 10.7. The van der Waals surface area contributed by atoms with Gasteiger partial charge in [0.15, 0.2) is 0 Å². The Morgan fingerprint density at radius 1 is 0.897 bits per heavy atom. The summed E-state index contributed by atoms with van der Waals surface area (Å²) in [6, 6.07) is -4.35. The van der Waals surface area contributed by atoms with Crippen LogP contribution in [0.25, 0.3) is 0 Å². The molecular weight excluding hydrogens is 404 g/mol. The van der Waals surface area contributed by atoms with Crippen LogP contribution in [-0.2, 0) is 24.0 Å². The molecule has 0 spiro atoms. The fourth-order valence-corrected chi connectivity index (χ4v) is 2.43. The van der Waals surface area contributed by atoms with Crippen molar-refractivity contribution in [1.82, 2.24) is 16.0 Å². The molecule has 0 heterocycles. The third-order valence-electron chi connectivity index (χ3n) is 3.89. The van der Waals surface area contributed by atoms with Crippen molar-refractivity contribution in [3.63, 3.8) is 0 Å². The van der Waals surface area contributed by atoms with Gasteiger partial charge in [-0.1, -0.05) is 13.8 Å². The number of carboxylic acids is 2. The number of carbonyl (C=O) groups excluding carboxylic acids is 3. The molecule has 166 valence electrons. The lowest BCUT2D eigenvalue weighted by atomic mass is 10.0. The van der Waals surface area contributed by atoms with Gasteiger partial charge in [0.2, 0.25) is 17.7 Å². The van der Waals surface area contributed by atoms with Crippen LogP contribution in [0.5, 0.6) is 0 Å². The summed E-state index contributed by atoms with van der Waals surface area (Å²) in [6.07, 6.45) is -0.446. The maximum Gasteiger partial charge on any atom is 0.326 e. The van der Waals surface area contributed by atoms with E-state index in [-0.39, 0.29) is 18.1 Å². The molecule has 3 amide bonds. The maximum absolute atomic E-state index is 12.5. The van der Waals surface area contributed by atoms with E-state index in [0.717, 1.165) is 0 Å². The molecule has 0 aliphatic heterocycles. The monoisotopic (exact) mass is 434 g/mol. The summed E-state index contributed by atoms with van der Waals surface area (Å²) in [4.78, 5) is 58.5. The molecule has 11 nitrogen and oxygen atoms in total. The Morgan fingerprint density at radius 2 is 1.45 bits per heavy atom. The molecule has 4 atom stereocenters. The van der Waals surface area contributed by atoms with Crippen molar-refractivity contribution in [1.29, 1.82) is 0 Å². The van der Waals surface area contributed by atoms with Gasteiger partial charge in [0.05, 0.1) is 6.04 Å². The normalized spacial score (nSPS) is 15.0. The van der Waals surface area contributed by atoms with Gasteiger partial charge in [-0.15, -0.1) is 0 Å². The Hall–Kier alpha value is -2.34. The van der Waals surface area contributed by atoms with Gasteiger partial charge < -0.3 is 31.9 Å². The zero-order valence-electron chi connectivity index (χ0n) is 16.7. The quantitative estimate of drug-likeness (QED) is 0.174. The topological polar surface area (TPSA) is 188 Å². The molecular formula is C17H30N4O7S. The van der Waals surface area contributed by atoms with Gasteiger partial charge >= 0.3 is 11.9 Å². The van der Waals surface area contributed by atoms with Crippen LogP contribution in [0.1, 0.15) is 40.0 Å². The van der Waals surface area contributed by atoms with E-state index in [1.165, 1.54) is 6.92 Å². The lowest BCUT2D eigenvalue weighted by molar-refractivity contribution is -0.143. The Morgan fingerprint density at radius 3 is 1.90 bits per heavy atom. The van der Waals surface area contributed by atoms with Gasteiger partial charge in [0.1, 0.15) is 18.1 Å². The van der Waals surface area contributed by atoms with E-state index < -0.39 is 60.2 Å². The number of thiol groups is 1. The smallest absolute Gasteiger partial charge is 0.326 e. The molecule has 0 radical (unpaired) electrons. The standard InChI is InChI=1S/C17H30N4O7S/c1-8(2)6-12(21-15(25)10(18)7-29)16(26)19-9(3)14(24)20-11(17(27)28)4-5-13(22)23/h8-12,29H,4-7,18H2,1-3H3,(H,19,26)(H,20,24)(H,21,25)(H,22,23)(H,27,28). The van der Waals surface area contributed by atoms with Crippen LogP contribution < -0.4 is 21.7 Å². The molecule has 4 unspecified atom stereocenters. The molecule has 0 fully saturated rings. The number of aliphatic carboxylic acids is 2. The van der Waals surface area contributed by atoms with Crippen LogP contribution >= 0.6 is 12.6 Å². The minimum absolute atomic E-state index is 0.0508. The Kier molecular flexibility index (Phi) is 11.9. The van der Waals surface area contributed by atoms with Crippen LogP contribution in [0.15, 0.2) is 0 Å². The van der Waals surface area contributed by atoms with Crippen LogP contribution in [-0.4, -0.2) is 69.8 Å². The molecule has 29 heavy (non-hydrogen) atoms. The third-order valence-corrected chi connectivity index (χ3v) is 4.28. The van der Waals surface area contributed by atoms with Gasteiger partial charge in [-0.2, -0.15) is 12.6 Å². The Labute approximate surface area is 174 Å². The summed E-state index contributed by atoms with van der Waals surface area (Å²) in [5.74, 6) is -4.42. The number of carbonyl (C=O) groups is 5. The van der Waals surface area contributed by atoms with E-state index >= 15 is 0 Å². The molecule has 0 aromatic heterocycles. The van der Waals surface area contributed by atoms with Crippen LogP contribution in [0.3, 0.4) is 0 Å². The predicted octanol–water partition coefficient (Wildman–Crippen LogP) is -1.29. The van der Waals surface area contributed by atoms with E-state index in [0.29, 0.717) is 6.42 Å². The molecule has 0 saturated heterocycles. The highest BCUT2D eigenvalue weighted by Crippen LogP contribution is 2.06.